The summed E-state index contributed by atoms with van der Waals surface area (Å²) in [7, 11) is 0. The second kappa shape index (κ2) is 6.39. The molecule has 0 amide bonds. The number of benzene rings is 1. The highest BCUT2D eigenvalue weighted by Crippen LogP contribution is 2.23. The first kappa shape index (κ1) is 15.5. The predicted octanol–water partition coefficient (Wildman–Crippen LogP) is 3.81. The van der Waals surface area contributed by atoms with Crippen LogP contribution in [0, 0.1) is 18.3 Å². The molecule has 0 bridgehead atoms. The maximum atomic E-state index is 9.16. The molecule has 0 atom stereocenters. The van der Waals surface area contributed by atoms with Crippen LogP contribution in [0.3, 0.4) is 0 Å². The molecule has 2 heterocycles. The largest absolute Gasteiger partial charge is 0.365 e. The van der Waals surface area contributed by atoms with E-state index in [-0.39, 0.29) is 0 Å². The van der Waals surface area contributed by atoms with Crippen LogP contribution in [0.1, 0.15) is 27.9 Å². The van der Waals surface area contributed by atoms with E-state index < -0.39 is 0 Å². The van der Waals surface area contributed by atoms with E-state index >= 15 is 0 Å². The summed E-state index contributed by atoms with van der Waals surface area (Å²) in [6.45, 7) is 10.3. The topological polar surface area (TPSA) is 66.0 Å². The van der Waals surface area contributed by atoms with Crippen LogP contribution in [0.4, 0.5) is 5.82 Å². The summed E-state index contributed by atoms with van der Waals surface area (Å²) in [6, 6.07) is 7.91. The number of fused-ring (bicyclic) bond motifs is 1. The fourth-order valence-corrected chi connectivity index (χ4v) is 2.70. The highest BCUT2D eigenvalue weighted by molar-refractivity contribution is 5.72. The van der Waals surface area contributed by atoms with Crippen molar-refractivity contribution < 1.29 is 0 Å². The van der Waals surface area contributed by atoms with Crippen molar-refractivity contribution in [2.75, 3.05) is 5.32 Å². The zero-order chi connectivity index (χ0) is 17.1. The minimum atomic E-state index is 0.558. The van der Waals surface area contributed by atoms with Crippen LogP contribution >= 0.6 is 0 Å². The van der Waals surface area contributed by atoms with Gasteiger partial charge in [0.15, 0.2) is 0 Å². The van der Waals surface area contributed by atoms with Gasteiger partial charge in [0, 0.05) is 24.5 Å². The molecular formula is C19H17N5. The number of nitrogens with zero attached hydrogens (tertiary/aromatic N) is 4. The summed E-state index contributed by atoms with van der Waals surface area (Å²) < 4.78 is 1.87. The van der Waals surface area contributed by atoms with Crippen LogP contribution in [0.15, 0.2) is 43.8 Å². The Kier molecular flexibility index (Phi) is 4.13. The smallest absolute Gasteiger partial charge is 0.236 e. The molecule has 5 nitrogen and oxygen atoms in total. The third kappa shape index (κ3) is 2.55. The molecule has 0 aliphatic carbocycles. The lowest BCUT2D eigenvalue weighted by Gasteiger charge is -2.14. The van der Waals surface area contributed by atoms with Gasteiger partial charge in [0.05, 0.1) is 17.3 Å². The fraction of sp³-hybridized carbons (Fsp3) is 0.105. The van der Waals surface area contributed by atoms with E-state index in [4.69, 9.17) is 5.26 Å². The molecule has 3 rings (SSSR count). The maximum Gasteiger partial charge on any atom is 0.236 e. The Morgan fingerprint density at radius 3 is 2.88 bits per heavy atom. The average molecular weight is 315 g/mol. The molecule has 118 valence electrons. The second-order valence-electron chi connectivity index (χ2n) is 5.32. The molecule has 1 N–H and O–H groups in total. The van der Waals surface area contributed by atoms with Crippen molar-refractivity contribution >= 4 is 23.7 Å². The standard InChI is InChI=1S/C19H17N5/c1-4-16-17(5-2)24-10-9-21-19(24)23-18(16)22-12-15-8-6-7-14(11-20)13(15)3/h4-10H,1-2,12H2,3H3,(H,21,22,23). The molecule has 0 radical (unpaired) electrons. The summed E-state index contributed by atoms with van der Waals surface area (Å²) in [5.74, 6) is 1.29. The zero-order valence-corrected chi connectivity index (χ0v) is 13.5. The minimum Gasteiger partial charge on any atom is -0.365 e. The molecule has 0 spiro atoms. The summed E-state index contributed by atoms with van der Waals surface area (Å²) in [5, 5.41) is 12.5. The zero-order valence-electron chi connectivity index (χ0n) is 13.5. The van der Waals surface area contributed by atoms with Crippen molar-refractivity contribution in [2.24, 2.45) is 0 Å². The lowest BCUT2D eigenvalue weighted by Crippen LogP contribution is -2.08. The summed E-state index contributed by atoms with van der Waals surface area (Å²) >= 11 is 0. The highest BCUT2D eigenvalue weighted by atomic mass is 15.1. The van der Waals surface area contributed by atoms with Crippen LogP contribution in [0.25, 0.3) is 17.9 Å². The lowest BCUT2D eigenvalue weighted by atomic mass is 10.0. The normalized spacial score (nSPS) is 10.3. The molecule has 0 saturated heterocycles. The Hall–Kier alpha value is -3.39. The van der Waals surface area contributed by atoms with E-state index in [9.17, 15) is 0 Å². The van der Waals surface area contributed by atoms with Crippen molar-refractivity contribution in [3.05, 3.63) is 71.7 Å². The van der Waals surface area contributed by atoms with Crippen molar-refractivity contribution in [3.8, 4) is 6.07 Å². The van der Waals surface area contributed by atoms with E-state index in [2.05, 4.69) is 34.5 Å². The van der Waals surface area contributed by atoms with Gasteiger partial charge in [-0.05, 0) is 30.2 Å². The summed E-state index contributed by atoms with van der Waals surface area (Å²) in [4.78, 5) is 8.81. The van der Waals surface area contributed by atoms with Gasteiger partial charge in [-0.3, -0.25) is 4.40 Å². The number of hydrogen-bond donors (Lipinski definition) is 1. The quantitative estimate of drug-likeness (QED) is 0.777. The Labute approximate surface area is 140 Å². The Morgan fingerprint density at radius 1 is 1.33 bits per heavy atom. The number of imidazole rings is 1. The summed E-state index contributed by atoms with van der Waals surface area (Å²) in [5.41, 5.74) is 4.46. The van der Waals surface area contributed by atoms with Crippen molar-refractivity contribution in [1.82, 2.24) is 14.4 Å². The van der Waals surface area contributed by atoms with Crippen LogP contribution in [0.5, 0.6) is 0 Å². The molecule has 0 aliphatic heterocycles. The average Bonchev–Trinajstić information content (AvgIpc) is 3.07. The van der Waals surface area contributed by atoms with E-state index in [1.165, 1.54) is 0 Å². The first-order valence-corrected chi connectivity index (χ1v) is 7.54. The second-order valence-corrected chi connectivity index (χ2v) is 5.32. The van der Waals surface area contributed by atoms with Gasteiger partial charge < -0.3 is 5.32 Å². The number of anilines is 1. The Bertz CT molecular complexity index is 975. The van der Waals surface area contributed by atoms with Crippen molar-refractivity contribution in [3.63, 3.8) is 0 Å². The molecule has 1 aromatic carbocycles. The van der Waals surface area contributed by atoms with Gasteiger partial charge in [0.25, 0.3) is 0 Å². The highest BCUT2D eigenvalue weighted by Gasteiger charge is 2.12. The molecule has 0 saturated carbocycles. The molecule has 24 heavy (non-hydrogen) atoms. The van der Waals surface area contributed by atoms with Gasteiger partial charge in [-0.2, -0.15) is 10.2 Å². The number of hydrogen-bond acceptors (Lipinski definition) is 4. The van der Waals surface area contributed by atoms with Crippen LogP contribution in [0.2, 0.25) is 0 Å². The summed E-state index contributed by atoms with van der Waals surface area (Å²) in [6.07, 6.45) is 7.06. The number of rotatable bonds is 5. The molecule has 0 fully saturated rings. The number of nitriles is 1. The van der Waals surface area contributed by atoms with Gasteiger partial charge in [-0.25, -0.2) is 4.98 Å². The molecule has 5 heteroatoms. The van der Waals surface area contributed by atoms with Gasteiger partial charge in [0.1, 0.15) is 5.82 Å². The minimum absolute atomic E-state index is 0.558. The Morgan fingerprint density at radius 2 is 2.17 bits per heavy atom. The lowest BCUT2D eigenvalue weighted by molar-refractivity contribution is 1.04. The molecule has 0 aliphatic rings. The molecule has 3 aromatic rings. The van der Waals surface area contributed by atoms with Gasteiger partial charge in [-0.15, -0.1) is 0 Å². The van der Waals surface area contributed by atoms with Crippen molar-refractivity contribution in [2.45, 2.75) is 13.5 Å². The van der Waals surface area contributed by atoms with Gasteiger partial charge in [-0.1, -0.05) is 31.4 Å². The van der Waals surface area contributed by atoms with Crippen molar-refractivity contribution in [1.29, 1.82) is 5.26 Å². The molecule has 2 aromatic heterocycles. The van der Waals surface area contributed by atoms with Gasteiger partial charge >= 0.3 is 0 Å². The SMILES string of the molecule is C=Cc1c(NCc2cccc(C#N)c2C)nc2nccn2c1C=C. The number of aromatic nitrogens is 3. The van der Waals surface area contributed by atoms with E-state index in [1.54, 1.807) is 18.3 Å². The third-order valence-electron chi connectivity index (χ3n) is 4.03. The molecule has 0 unspecified atom stereocenters. The van der Waals surface area contributed by atoms with Crippen LogP contribution < -0.4 is 5.32 Å². The predicted molar refractivity (Wildman–Crippen MR) is 96.4 cm³/mol. The van der Waals surface area contributed by atoms with Gasteiger partial charge in [0.2, 0.25) is 5.78 Å². The first-order chi connectivity index (χ1) is 11.7. The van der Waals surface area contributed by atoms with E-state index in [1.807, 2.05) is 35.7 Å². The third-order valence-corrected chi connectivity index (χ3v) is 4.03. The molecular weight excluding hydrogens is 298 g/mol. The maximum absolute atomic E-state index is 9.16. The van der Waals surface area contributed by atoms with Crippen LogP contribution in [-0.2, 0) is 6.54 Å². The Balaban J connectivity index is 2.00. The fourth-order valence-electron chi connectivity index (χ4n) is 2.70. The first-order valence-electron chi connectivity index (χ1n) is 7.54. The number of nitrogens with one attached hydrogen (secondary N) is 1. The van der Waals surface area contributed by atoms with E-state index in [0.29, 0.717) is 23.7 Å². The van der Waals surface area contributed by atoms with E-state index in [0.717, 1.165) is 22.4 Å². The van der Waals surface area contributed by atoms with Crippen LogP contribution in [-0.4, -0.2) is 14.4 Å². The monoisotopic (exact) mass is 315 g/mol.